The number of rotatable bonds is 12. The molecule has 0 aliphatic carbocycles. The van der Waals surface area contributed by atoms with Crippen LogP contribution in [0.4, 0.5) is 10.1 Å². The molecule has 2 rings (SSSR count). The molecule has 0 spiro atoms. The van der Waals surface area contributed by atoms with Crippen molar-refractivity contribution in [2.45, 2.75) is 41.0 Å². The molecule has 4 nitrogen and oxygen atoms in total. The molecule has 0 fully saturated rings. The number of hydrogen-bond acceptors (Lipinski definition) is 4. The number of anilines is 1. The lowest BCUT2D eigenvalue weighted by Gasteiger charge is -2.17. The van der Waals surface area contributed by atoms with E-state index in [1.165, 1.54) is 12.1 Å². The molecule has 0 saturated heterocycles. The van der Waals surface area contributed by atoms with Crippen molar-refractivity contribution in [1.29, 1.82) is 0 Å². The summed E-state index contributed by atoms with van der Waals surface area (Å²) in [5.41, 5.74) is 15.4. The number of nitrogen functional groups attached to an aromatic ring is 1. The maximum Gasteiger partial charge on any atom is 0.123 e. The normalized spacial score (nSPS) is 12.2. The fourth-order valence-electron chi connectivity index (χ4n) is 3.88. The van der Waals surface area contributed by atoms with Gasteiger partial charge in [-0.25, -0.2) is 4.39 Å². The van der Waals surface area contributed by atoms with E-state index in [-0.39, 0.29) is 5.82 Å². The van der Waals surface area contributed by atoms with Crippen LogP contribution in [0, 0.1) is 18.7 Å². The summed E-state index contributed by atoms with van der Waals surface area (Å²) in [6.07, 6.45) is 19.9. The first kappa shape index (κ1) is 36.6. The summed E-state index contributed by atoms with van der Waals surface area (Å²) in [5.74, 6) is -0.268. The van der Waals surface area contributed by atoms with Gasteiger partial charge in [-0.3, -0.25) is 4.98 Å². The molecule has 0 bridgehead atoms. The Kier molecular flexibility index (Phi) is 17.5. The Labute approximate surface area is 248 Å². The Morgan fingerprint density at radius 3 is 2.24 bits per heavy atom. The summed E-state index contributed by atoms with van der Waals surface area (Å²) in [4.78, 5) is 6.67. The van der Waals surface area contributed by atoms with Crippen LogP contribution in [-0.4, -0.2) is 30.5 Å². The zero-order chi connectivity index (χ0) is 31.5. The monoisotopic (exact) mass is 554 g/mol. The molecule has 2 aromatic rings. The van der Waals surface area contributed by atoms with Crippen molar-refractivity contribution in [3.63, 3.8) is 0 Å². The number of benzene rings is 1. The summed E-state index contributed by atoms with van der Waals surface area (Å²) in [7, 11) is 4.05. The number of hydrogen-bond donors (Lipinski definition) is 2. The minimum absolute atomic E-state index is 0.268. The molecular formula is C36H47FN4. The van der Waals surface area contributed by atoms with Crippen LogP contribution in [-0.2, 0) is 6.42 Å². The molecule has 0 atom stereocenters. The largest absolute Gasteiger partial charge is 0.397 e. The first-order valence-electron chi connectivity index (χ1n) is 13.5. The summed E-state index contributed by atoms with van der Waals surface area (Å²) in [6.45, 7) is 22.8. The van der Waals surface area contributed by atoms with Crippen molar-refractivity contribution in [2.24, 2.45) is 0 Å². The average Bonchev–Trinajstić information content (AvgIpc) is 2.97. The van der Waals surface area contributed by atoms with E-state index in [1.807, 2.05) is 73.0 Å². The van der Waals surface area contributed by atoms with Gasteiger partial charge in [-0.05, 0) is 92.6 Å². The van der Waals surface area contributed by atoms with Gasteiger partial charge in [-0.2, -0.15) is 0 Å². The molecule has 0 unspecified atom stereocenters. The van der Waals surface area contributed by atoms with Crippen molar-refractivity contribution in [3.05, 3.63) is 132 Å². The van der Waals surface area contributed by atoms with Crippen LogP contribution < -0.4 is 11.1 Å². The number of likely N-dealkylation sites (N-methyl/N-ethyl adjacent to an activating group) is 1. The van der Waals surface area contributed by atoms with Crippen molar-refractivity contribution >= 4 is 16.8 Å². The van der Waals surface area contributed by atoms with Crippen LogP contribution in [0.2, 0.25) is 0 Å². The van der Waals surface area contributed by atoms with Gasteiger partial charge in [0.1, 0.15) is 5.82 Å². The molecule has 5 heteroatoms. The molecule has 3 N–H and O–H groups in total. The summed E-state index contributed by atoms with van der Waals surface area (Å²) in [6, 6.07) is 8.45. The molecule has 1 aromatic carbocycles. The minimum Gasteiger partial charge on any atom is -0.397 e. The highest BCUT2D eigenvalue weighted by molar-refractivity contribution is 5.80. The Morgan fingerprint density at radius 1 is 1.12 bits per heavy atom. The zero-order valence-electron chi connectivity index (χ0n) is 25.9. The lowest BCUT2D eigenvalue weighted by Crippen LogP contribution is -2.15. The van der Waals surface area contributed by atoms with E-state index < -0.39 is 0 Å². The molecule has 41 heavy (non-hydrogen) atoms. The van der Waals surface area contributed by atoms with Crippen LogP contribution >= 0.6 is 0 Å². The number of nitrogens with two attached hydrogens (primary N) is 1. The van der Waals surface area contributed by atoms with Gasteiger partial charge in [0.25, 0.3) is 0 Å². The maximum atomic E-state index is 13.4. The molecule has 0 amide bonds. The van der Waals surface area contributed by atoms with Crippen LogP contribution in [0.15, 0.2) is 109 Å². The molecule has 0 aliphatic rings. The molecular weight excluding hydrogens is 507 g/mol. The van der Waals surface area contributed by atoms with Crippen molar-refractivity contribution in [1.82, 2.24) is 15.2 Å². The van der Waals surface area contributed by atoms with Gasteiger partial charge >= 0.3 is 0 Å². The third-order valence-corrected chi connectivity index (χ3v) is 5.91. The highest BCUT2D eigenvalue weighted by atomic mass is 19.1. The van der Waals surface area contributed by atoms with Crippen LogP contribution in [0.25, 0.3) is 11.1 Å². The second kappa shape index (κ2) is 19.6. The van der Waals surface area contributed by atoms with Crippen molar-refractivity contribution in [2.75, 3.05) is 26.4 Å². The number of allylic oxidation sites excluding steroid dienone is 9. The summed E-state index contributed by atoms with van der Waals surface area (Å²) in [5, 5.41) is 3.42. The second-order valence-corrected chi connectivity index (χ2v) is 9.15. The van der Waals surface area contributed by atoms with Gasteiger partial charge < -0.3 is 16.0 Å². The lowest BCUT2D eigenvalue weighted by atomic mass is 9.97. The van der Waals surface area contributed by atoms with Gasteiger partial charge in [-0.15, -0.1) is 12.8 Å². The van der Waals surface area contributed by atoms with Gasteiger partial charge in [0, 0.05) is 24.4 Å². The topological polar surface area (TPSA) is 54.2 Å². The smallest absolute Gasteiger partial charge is 0.123 e. The lowest BCUT2D eigenvalue weighted by molar-refractivity contribution is 0.449. The molecule has 218 valence electrons. The van der Waals surface area contributed by atoms with Crippen LogP contribution in [0.5, 0.6) is 0 Å². The predicted molar refractivity (Wildman–Crippen MR) is 179 cm³/mol. The number of nitrogens with one attached hydrogen (secondary N) is 1. The summed E-state index contributed by atoms with van der Waals surface area (Å²) >= 11 is 0. The number of terminal acetylenes is 1. The maximum absolute atomic E-state index is 13.4. The molecule has 0 saturated carbocycles. The predicted octanol–water partition coefficient (Wildman–Crippen LogP) is 8.37. The third kappa shape index (κ3) is 12.1. The fraction of sp³-hybridized carbons (Fsp3) is 0.250. The standard InChI is InChI=1S/C32H39FN4.C2H6.C2H2/c1-9-12-30(27-13-15-29(33)16-14-27)23(5)24(6)36-22(4)17-28-19-32(35-20-31(28)34)26(11-3)18-25(10-2)21-37(7)8;2*1-2/h9-16,18-20,36H,1-2,4,17,21,34H2,3,5-8H3;1-2H3;1-2H/b24-23+,25-18+,26-11+,30-12+;;. The number of aromatic nitrogens is 1. The molecule has 1 heterocycles. The number of halogens is 1. The molecule has 1 aromatic heterocycles. The Balaban J connectivity index is 0.00000382. The Morgan fingerprint density at radius 2 is 1.73 bits per heavy atom. The van der Waals surface area contributed by atoms with E-state index in [4.69, 9.17) is 5.73 Å². The van der Waals surface area contributed by atoms with Gasteiger partial charge in [0.15, 0.2) is 0 Å². The first-order valence-corrected chi connectivity index (χ1v) is 13.5. The highest BCUT2D eigenvalue weighted by Gasteiger charge is 2.11. The van der Waals surface area contributed by atoms with E-state index in [0.717, 1.165) is 57.1 Å². The average molecular weight is 555 g/mol. The van der Waals surface area contributed by atoms with E-state index in [2.05, 4.69) is 53.9 Å². The van der Waals surface area contributed by atoms with E-state index in [9.17, 15) is 4.39 Å². The second-order valence-electron chi connectivity index (χ2n) is 9.15. The van der Waals surface area contributed by atoms with Crippen LogP contribution in [0.1, 0.15) is 51.4 Å². The van der Waals surface area contributed by atoms with Crippen LogP contribution in [0.3, 0.4) is 0 Å². The van der Waals surface area contributed by atoms with Crippen molar-refractivity contribution in [3.8, 4) is 12.8 Å². The Hall–Kier alpha value is -4.40. The molecule has 0 aliphatic heterocycles. The van der Waals surface area contributed by atoms with Gasteiger partial charge in [-0.1, -0.05) is 70.0 Å². The fourth-order valence-corrected chi connectivity index (χ4v) is 3.88. The van der Waals surface area contributed by atoms with Crippen molar-refractivity contribution < 1.29 is 4.39 Å². The zero-order valence-corrected chi connectivity index (χ0v) is 25.9. The summed E-state index contributed by atoms with van der Waals surface area (Å²) < 4.78 is 13.4. The highest BCUT2D eigenvalue weighted by Crippen LogP contribution is 2.26. The number of pyridine rings is 1. The third-order valence-electron chi connectivity index (χ3n) is 5.91. The van der Waals surface area contributed by atoms with Gasteiger partial charge in [0.05, 0.1) is 17.6 Å². The quantitative estimate of drug-likeness (QED) is 0.204. The SMILES string of the molecule is C#C.C=C/C=C(\C(C)=C(/C)NC(=C)Cc1cc(C(/C=C(\C=C)CN(C)C)=C/C)ncc1N)c1ccc(F)cc1.CC. The minimum atomic E-state index is -0.268. The number of nitrogens with zero attached hydrogens (tertiary/aromatic N) is 2. The van der Waals surface area contributed by atoms with E-state index in [1.54, 1.807) is 24.4 Å². The van der Waals surface area contributed by atoms with Gasteiger partial charge in [0.2, 0.25) is 0 Å². The van der Waals surface area contributed by atoms with E-state index >= 15 is 0 Å². The first-order chi connectivity index (χ1) is 19.6. The van der Waals surface area contributed by atoms with E-state index in [0.29, 0.717) is 12.1 Å². The Bertz CT molecular complexity index is 1300. The molecule has 0 radical (unpaired) electrons.